The molecule has 0 spiro atoms. The van der Waals surface area contributed by atoms with Gasteiger partial charge in [0.05, 0.1) is 23.1 Å². The lowest BCUT2D eigenvalue weighted by Gasteiger charge is -2.37. The predicted molar refractivity (Wildman–Crippen MR) is 95.3 cm³/mol. The molecule has 0 unspecified atom stereocenters. The Morgan fingerprint density at radius 1 is 1.35 bits per heavy atom. The molecule has 0 radical (unpaired) electrons. The van der Waals surface area contributed by atoms with E-state index in [1.807, 2.05) is 10.3 Å². The van der Waals surface area contributed by atoms with E-state index in [1.165, 1.54) is 17.9 Å². The second-order valence-corrected chi connectivity index (χ2v) is 6.96. The third kappa shape index (κ3) is 2.72. The van der Waals surface area contributed by atoms with Gasteiger partial charge in [-0.15, -0.1) is 10.2 Å². The molecule has 1 fully saturated rings. The highest BCUT2D eigenvalue weighted by Crippen LogP contribution is 2.40. The molecule has 0 aromatic carbocycles. The van der Waals surface area contributed by atoms with E-state index in [4.69, 9.17) is 0 Å². The number of rotatable bonds is 3. The molecule has 26 heavy (non-hydrogen) atoms. The van der Waals surface area contributed by atoms with Crippen LogP contribution in [0.15, 0.2) is 30.2 Å². The molecule has 0 saturated carbocycles. The van der Waals surface area contributed by atoms with Crippen LogP contribution in [0.2, 0.25) is 0 Å². The summed E-state index contributed by atoms with van der Waals surface area (Å²) in [6.07, 6.45) is 5.43. The van der Waals surface area contributed by atoms with Crippen molar-refractivity contribution in [2.45, 2.75) is 18.5 Å². The number of aromatic nitrogens is 5. The number of nitrogens with zero attached hydrogens (tertiary/aromatic N) is 7. The second-order valence-electron chi connectivity index (χ2n) is 6.30. The summed E-state index contributed by atoms with van der Waals surface area (Å²) in [4.78, 5) is 6.49. The summed E-state index contributed by atoms with van der Waals surface area (Å²) in [7, 11) is 1.75. The van der Waals surface area contributed by atoms with Crippen LogP contribution in [0, 0.1) is 11.3 Å². The van der Waals surface area contributed by atoms with Crippen molar-refractivity contribution >= 4 is 17.2 Å². The maximum Gasteiger partial charge on any atom is 0.173 e. The van der Waals surface area contributed by atoms with Crippen LogP contribution in [0.1, 0.15) is 24.2 Å². The average molecular weight is 369 g/mol. The van der Waals surface area contributed by atoms with E-state index in [9.17, 15) is 5.26 Å². The quantitative estimate of drug-likeness (QED) is 0.706. The standard InChI is InChI=1S/C17H16FN7S/c1-24-11-21-23-16(24)17(18)3-6-25(7-4-17)15-12(8-19)2-5-20-14(15)13-9-22-26-10-13/h2,5,9-11H,3-4,6-7H2,1H3. The van der Waals surface area contributed by atoms with Gasteiger partial charge in [0.25, 0.3) is 0 Å². The number of aryl methyl sites for hydroxylation is 1. The molecule has 3 aromatic heterocycles. The van der Waals surface area contributed by atoms with Crippen molar-refractivity contribution in [2.24, 2.45) is 7.05 Å². The fourth-order valence-corrected chi connectivity index (χ4v) is 3.92. The second kappa shape index (κ2) is 6.46. The van der Waals surface area contributed by atoms with Gasteiger partial charge in [-0.25, -0.2) is 8.76 Å². The zero-order valence-corrected chi connectivity index (χ0v) is 14.9. The first-order chi connectivity index (χ1) is 12.6. The minimum Gasteiger partial charge on any atom is -0.368 e. The van der Waals surface area contributed by atoms with Crippen LogP contribution in [0.25, 0.3) is 11.3 Å². The molecule has 0 amide bonds. The number of pyridine rings is 1. The van der Waals surface area contributed by atoms with E-state index in [0.717, 1.165) is 11.3 Å². The lowest BCUT2D eigenvalue weighted by atomic mass is 9.91. The van der Waals surface area contributed by atoms with Gasteiger partial charge in [-0.1, -0.05) is 0 Å². The maximum absolute atomic E-state index is 15.4. The van der Waals surface area contributed by atoms with Gasteiger partial charge < -0.3 is 9.47 Å². The van der Waals surface area contributed by atoms with Crippen molar-refractivity contribution in [3.8, 4) is 17.3 Å². The van der Waals surface area contributed by atoms with Gasteiger partial charge in [-0.3, -0.25) is 4.98 Å². The first-order valence-corrected chi connectivity index (χ1v) is 9.03. The van der Waals surface area contributed by atoms with Gasteiger partial charge in [-0.2, -0.15) is 5.26 Å². The number of halogens is 1. The molecule has 4 rings (SSSR count). The van der Waals surface area contributed by atoms with Crippen molar-refractivity contribution in [2.75, 3.05) is 18.0 Å². The smallest absolute Gasteiger partial charge is 0.173 e. The molecule has 4 heterocycles. The zero-order valence-electron chi connectivity index (χ0n) is 14.1. The largest absolute Gasteiger partial charge is 0.368 e. The first-order valence-electron chi connectivity index (χ1n) is 8.19. The van der Waals surface area contributed by atoms with E-state index < -0.39 is 5.67 Å². The van der Waals surface area contributed by atoms with Gasteiger partial charge in [0.1, 0.15) is 12.4 Å². The Bertz CT molecular complexity index is 952. The Balaban J connectivity index is 1.66. The van der Waals surface area contributed by atoms with E-state index in [-0.39, 0.29) is 12.8 Å². The lowest BCUT2D eigenvalue weighted by molar-refractivity contribution is 0.109. The van der Waals surface area contributed by atoms with Gasteiger partial charge in [-0.05, 0) is 17.6 Å². The first kappa shape index (κ1) is 16.6. The summed E-state index contributed by atoms with van der Waals surface area (Å²) in [5.74, 6) is 0.353. The summed E-state index contributed by atoms with van der Waals surface area (Å²) in [5, 5.41) is 19.2. The molecule has 0 bridgehead atoms. The number of piperidine rings is 1. The molecule has 0 atom stereocenters. The third-order valence-corrected chi connectivity index (χ3v) is 5.32. The lowest BCUT2D eigenvalue weighted by Crippen LogP contribution is -2.42. The number of hydrogen-bond donors (Lipinski definition) is 0. The van der Waals surface area contributed by atoms with Crippen molar-refractivity contribution in [1.82, 2.24) is 24.1 Å². The minimum absolute atomic E-state index is 0.278. The average Bonchev–Trinajstić information content (AvgIpc) is 3.34. The van der Waals surface area contributed by atoms with Crippen LogP contribution in [-0.4, -0.2) is 37.2 Å². The van der Waals surface area contributed by atoms with Crippen molar-refractivity contribution in [3.05, 3.63) is 41.6 Å². The Morgan fingerprint density at radius 2 is 2.15 bits per heavy atom. The van der Waals surface area contributed by atoms with Gasteiger partial charge >= 0.3 is 0 Å². The Kier molecular flexibility index (Phi) is 4.12. The van der Waals surface area contributed by atoms with Crippen molar-refractivity contribution in [3.63, 3.8) is 0 Å². The molecule has 9 heteroatoms. The number of hydrogen-bond acceptors (Lipinski definition) is 7. The molecule has 132 valence electrons. The fraction of sp³-hybridized carbons (Fsp3) is 0.353. The molecule has 0 N–H and O–H groups in total. The number of nitriles is 1. The van der Waals surface area contributed by atoms with E-state index in [1.54, 1.807) is 30.1 Å². The molecular formula is C17H16FN7S. The maximum atomic E-state index is 15.4. The van der Waals surface area contributed by atoms with E-state index >= 15 is 4.39 Å². The van der Waals surface area contributed by atoms with Gasteiger partial charge in [0, 0.05) is 50.1 Å². The topological polar surface area (TPSA) is 83.5 Å². The molecule has 1 aliphatic heterocycles. The van der Waals surface area contributed by atoms with Crippen molar-refractivity contribution in [1.29, 1.82) is 5.26 Å². The molecule has 0 aliphatic carbocycles. The van der Waals surface area contributed by atoms with Crippen LogP contribution in [0.3, 0.4) is 0 Å². The summed E-state index contributed by atoms with van der Waals surface area (Å²) >= 11 is 1.33. The predicted octanol–water partition coefficient (Wildman–Crippen LogP) is 2.67. The van der Waals surface area contributed by atoms with Crippen LogP contribution in [0.4, 0.5) is 10.1 Å². The minimum atomic E-state index is -1.51. The number of alkyl halides is 1. The summed E-state index contributed by atoms with van der Waals surface area (Å²) < 4.78 is 21.2. The van der Waals surface area contributed by atoms with Crippen LogP contribution in [0.5, 0.6) is 0 Å². The molecule has 3 aromatic rings. The molecule has 1 saturated heterocycles. The normalized spacial score (nSPS) is 16.4. The molecule has 1 aliphatic rings. The third-order valence-electron chi connectivity index (χ3n) is 4.73. The molecular weight excluding hydrogens is 353 g/mol. The monoisotopic (exact) mass is 369 g/mol. The van der Waals surface area contributed by atoms with E-state index in [0.29, 0.717) is 30.2 Å². The Morgan fingerprint density at radius 3 is 2.77 bits per heavy atom. The fourth-order valence-electron chi connectivity index (χ4n) is 3.39. The Labute approximate surface area is 153 Å². The SMILES string of the molecule is Cn1cnnc1C1(F)CCN(c2c(C#N)ccnc2-c2cnsc2)CC1. The van der Waals surface area contributed by atoms with E-state index in [2.05, 4.69) is 25.6 Å². The number of anilines is 1. The van der Waals surface area contributed by atoms with Gasteiger partial charge in [0.2, 0.25) is 0 Å². The highest BCUT2D eigenvalue weighted by molar-refractivity contribution is 7.03. The highest BCUT2D eigenvalue weighted by atomic mass is 32.1. The summed E-state index contributed by atoms with van der Waals surface area (Å²) in [6.45, 7) is 0.933. The van der Waals surface area contributed by atoms with Crippen molar-refractivity contribution < 1.29 is 4.39 Å². The summed E-state index contributed by atoms with van der Waals surface area (Å²) in [6, 6.07) is 3.93. The molecule has 7 nitrogen and oxygen atoms in total. The highest BCUT2D eigenvalue weighted by Gasteiger charge is 2.41. The zero-order chi connectivity index (χ0) is 18.1. The van der Waals surface area contributed by atoms with Gasteiger partial charge in [0.15, 0.2) is 11.5 Å². The van der Waals surface area contributed by atoms with Crippen LogP contribution < -0.4 is 4.90 Å². The summed E-state index contributed by atoms with van der Waals surface area (Å²) in [5.41, 5.74) is 1.35. The van der Waals surface area contributed by atoms with Crippen LogP contribution >= 0.6 is 11.5 Å². The Hall–Kier alpha value is -2.86. The van der Waals surface area contributed by atoms with Crippen LogP contribution in [-0.2, 0) is 12.7 Å².